The first-order valence-electron chi connectivity index (χ1n) is 11.5. The molecule has 1 N–H and O–H groups in total. The highest BCUT2D eigenvalue weighted by molar-refractivity contribution is 5.74. The van der Waals surface area contributed by atoms with Crippen molar-refractivity contribution in [1.82, 2.24) is 29.7 Å². The highest BCUT2D eigenvalue weighted by atomic mass is 15.4. The number of likely N-dealkylation sites (N-methyl/N-ethyl adjacent to an activating group) is 1. The predicted octanol–water partition coefficient (Wildman–Crippen LogP) is 4.32. The summed E-state index contributed by atoms with van der Waals surface area (Å²) < 4.78 is 3.90. The first kappa shape index (κ1) is 21.4. The summed E-state index contributed by atoms with van der Waals surface area (Å²) >= 11 is 0. The van der Waals surface area contributed by atoms with Gasteiger partial charge in [-0.15, -0.1) is 5.10 Å². The Hall–Kier alpha value is -3.45. The molecule has 3 heterocycles. The lowest BCUT2D eigenvalue weighted by atomic mass is 9.93. The molecule has 0 spiro atoms. The van der Waals surface area contributed by atoms with E-state index in [1.165, 1.54) is 22.3 Å². The molecule has 1 aliphatic rings. The largest absolute Gasteiger partial charge is 0.378 e. The van der Waals surface area contributed by atoms with E-state index in [-0.39, 0.29) is 6.04 Å². The van der Waals surface area contributed by atoms with E-state index in [2.05, 4.69) is 88.4 Å². The summed E-state index contributed by atoms with van der Waals surface area (Å²) in [4.78, 5) is 2.22. The van der Waals surface area contributed by atoms with Gasteiger partial charge in [0.05, 0.1) is 23.6 Å². The van der Waals surface area contributed by atoms with Crippen LogP contribution < -0.4 is 5.32 Å². The maximum Gasteiger partial charge on any atom is 0.0918 e. The Balaban J connectivity index is 1.53. The fourth-order valence-corrected chi connectivity index (χ4v) is 4.63. The Bertz CT molecular complexity index is 1270. The number of hydrogen-bond acceptors (Lipinski definition) is 5. The van der Waals surface area contributed by atoms with Crippen molar-refractivity contribution in [2.24, 2.45) is 7.05 Å². The highest BCUT2D eigenvalue weighted by Gasteiger charge is 2.26. The summed E-state index contributed by atoms with van der Waals surface area (Å²) in [5.41, 5.74) is 9.36. The van der Waals surface area contributed by atoms with Crippen molar-refractivity contribution in [2.45, 2.75) is 32.4 Å². The van der Waals surface area contributed by atoms with Crippen LogP contribution in [-0.4, -0.2) is 50.3 Å². The van der Waals surface area contributed by atoms with E-state index in [9.17, 15) is 0 Å². The van der Waals surface area contributed by atoms with Crippen molar-refractivity contribution in [3.8, 4) is 22.4 Å². The number of aryl methyl sites for hydroxylation is 3. The summed E-state index contributed by atoms with van der Waals surface area (Å²) in [7, 11) is 6.18. The van der Waals surface area contributed by atoms with E-state index in [0.717, 1.165) is 48.6 Å². The molecule has 2 aromatic carbocycles. The molecule has 4 aromatic rings. The number of nitrogens with one attached hydrogen (secondary N) is 1. The molecule has 1 atom stereocenters. The van der Waals surface area contributed by atoms with Crippen LogP contribution >= 0.6 is 0 Å². The maximum absolute atomic E-state index is 4.42. The number of anilines is 1. The van der Waals surface area contributed by atoms with Gasteiger partial charge in [-0.05, 0) is 68.8 Å². The second kappa shape index (κ2) is 8.83. The van der Waals surface area contributed by atoms with Crippen LogP contribution in [0.1, 0.15) is 29.3 Å². The monoisotopic (exact) mass is 441 g/mol. The van der Waals surface area contributed by atoms with E-state index in [1.54, 1.807) is 0 Å². The van der Waals surface area contributed by atoms with Gasteiger partial charge in [0.1, 0.15) is 0 Å². The van der Waals surface area contributed by atoms with E-state index >= 15 is 0 Å². The van der Waals surface area contributed by atoms with E-state index < -0.39 is 0 Å². The summed E-state index contributed by atoms with van der Waals surface area (Å²) in [5, 5.41) is 17.0. The van der Waals surface area contributed by atoms with Gasteiger partial charge in [-0.1, -0.05) is 29.5 Å². The maximum atomic E-state index is 4.42. The number of nitrogens with zero attached hydrogens (tertiary/aromatic N) is 6. The number of hydrogen-bond donors (Lipinski definition) is 1. The predicted molar refractivity (Wildman–Crippen MR) is 132 cm³/mol. The van der Waals surface area contributed by atoms with Crippen molar-refractivity contribution in [3.63, 3.8) is 0 Å². The molecule has 0 saturated carbocycles. The van der Waals surface area contributed by atoms with Gasteiger partial charge < -0.3 is 10.2 Å². The van der Waals surface area contributed by atoms with Crippen LogP contribution in [-0.2, 0) is 20.0 Å². The van der Waals surface area contributed by atoms with Gasteiger partial charge in [-0.2, -0.15) is 5.10 Å². The molecule has 170 valence electrons. The highest BCUT2D eigenvalue weighted by Crippen LogP contribution is 2.39. The van der Waals surface area contributed by atoms with Crippen molar-refractivity contribution in [2.75, 3.05) is 26.0 Å². The third-order valence-electron chi connectivity index (χ3n) is 6.37. The average molecular weight is 442 g/mol. The van der Waals surface area contributed by atoms with Crippen molar-refractivity contribution in [1.29, 1.82) is 0 Å². The standard InChI is InChI=1S/C26H31N7/c1-18-26-23-9-8-20(21-16-27-32(4)17-21)15-24(23)25(11-13-33(26)30-29-18)28-22-7-5-6-19(14-22)10-12-31(2)3/h5-9,14-17,25,28H,10-13H2,1-4H3. The Kier molecular flexibility index (Phi) is 5.72. The summed E-state index contributed by atoms with van der Waals surface area (Å²) in [6.45, 7) is 3.91. The minimum absolute atomic E-state index is 0.168. The topological polar surface area (TPSA) is 63.8 Å². The molecule has 1 aliphatic heterocycles. The molecule has 0 amide bonds. The second-order valence-electron chi connectivity index (χ2n) is 9.19. The zero-order valence-corrected chi connectivity index (χ0v) is 19.8. The molecule has 0 bridgehead atoms. The average Bonchev–Trinajstić information content (AvgIpc) is 3.36. The minimum Gasteiger partial charge on any atom is -0.378 e. The molecule has 33 heavy (non-hydrogen) atoms. The van der Waals surface area contributed by atoms with Gasteiger partial charge in [-0.3, -0.25) is 4.68 Å². The Morgan fingerprint density at radius 1 is 1.12 bits per heavy atom. The van der Waals surface area contributed by atoms with Gasteiger partial charge in [-0.25, -0.2) is 4.68 Å². The third-order valence-corrected chi connectivity index (χ3v) is 6.37. The Labute approximate surface area is 195 Å². The summed E-state index contributed by atoms with van der Waals surface area (Å²) in [5.74, 6) is 0. The molecule has 2 aromatic heterocycles. The van der Waals surface area contributed by atoms with Gasteiger partial charge >= 0.3 is 0 Å². The van der Waals surface area contributed by atoms with Crippen LogP contribution in [0.25, 0.3) is 22.4 Å². The molecule has 0 radical (unpaired) electrons. The molecule has 7 heteroatoms. The van der Waals surface area contributed by atoms with Gasteiger partial charge in [0.15, 0.2) is 0 Å². The molecule has 7 nitrogen and oxygen atoms in total. The van der Waals surface area contributed by atoms with Gasteiger partial charge in [0, 0.05) is 43.1 Å². The minimum atomic E-state index is 0.168. The lowest BCUT2D eigenvalue weighted by molar-refractivity contribution is 0.413. The molecule has 5 rings (SSSR count). The normalized spacial score (nSPS) is 15.2. The number of fused-ring (bicyclic) bond motifs is 3. The Morgan fingerprint density at radius 3 is 2.79 bits per heavy atom. The summed E-state index contributed by atoms with van der Waals surface area (Å²) in [6, 6.07) is 15.7. The van der Waals surface area contributed by atoms with E-state index in [4.69, 9.17) is 0 Å². The van der Waals surface area contributed by atoms with Crippen LogP contribution in [0.5, 0.6) is 0 Å². The van der Waals surface area contributed by atoms with Crippen molar-refractivity contribution < 1.29 is 0 Å². The van der Waals surface area contributed by atoms with Crippen LogP contribution in [0.2, 0.25) is 0 Å². The molecule has 0 saturated heterocycles. The fraction of sp³-hybridized carbons (Fsp3) is 0.346. The first-order chi connectivity index (χ1) is 16.0. The molecule has 0 aliphatic carbocycles. The molecular formula is C26H31N7. The fourth-order valence-electron chi connectivity index (χ4n) is 4.63. The van der Waals surface area contributed by atoms with Gasteiger partial charge in [0.25, 0.3) is 0 Å². The molecule has 1 unspecified atom stereocenters. The second-order valence-corrected chi connectivity index (χ2v) is 9.19. The molecule has 0 fully saturated rings. The number of benzene rings is 2. The zero-order valence-electron chi connectivity index (χ0n) is 19.8. The van der Waals surface area contributed by atoms with Crippen molar-refractivity contribution in [3.05, 3.63) is 71.7 Å². The molecular weight excluding hydrogens is 410 g/mol. The summed E-state index contributed by atoms with van der Waals surface area (Å²) in [6.07, 6.45) is 5.95. The van der Waals surface area contributed by atoms with Crippen molar-refractivity contribution >= 4 is 5.69 Å². The lowest BCUT2D eigenvalue weighted by Gasteiger charge is -2.22. The smallest absolute Gasteiger partial charge is 0.0918 e. The lowest BCUT2D eigenvalue weighted by Crippen LogP contribution is -2.15. The van der Waals surface area contributed by atoms with Crippen LogP contribution in [0, 0.1) is 6.92 Å². The van der Waals surface area contributed by atoms with E-state index in [0.29, 0.717) is 0 Å². The Morgan fingerprint density at radius 2 is 2.00 bits per heavy atom. The van der Waals surface area contributed by atoms with Crippen LogP contribution in [0.4, 0.5) is 5.69 Å². The first-order valence-corrected chi connectivity index (χ1v) is 11.5. The third kappa shape index (κ3) is 4.41. The zero-order chi connectivity index (χ0) is 22.9. The van der Waals surface area contributed by atoms with Crippen LogP contribution in [0.3, 0.4) is 0 Å². The van der Waals surface area contributed by atoms with E-state index in [1.807, 2.05) is 29.5 Å². The number of rotatable bonds is 6. The number of aromatic nitrogens is 5. The van der Waals surface area contributed by atoms with Gasteiger partial charge in [0.2, 0.25) is 0 Å². The van der Waals surface area contributed by atoms with Crippen LogP contribution in [0.15, 0.2) is 54.9 Å². The SMILES string of the molecule is Cc1nnn2c1-c1ccc(-c3cnn(C)c3)cc1C(Nc1cccc(CCN(C)C)c1)CC2. The quantitative estimate of drug-likeness (QED) is 0.483.